The molecule has 0 bridgehead atoms. The fraction of sp³-hybridized carbons (Fsp3) is 0.467. The van der Waals surface area contributed by atoms with Crippen LogP contribution in [0.3, 0.4) is 0 Å². The minimum absolute atomic E-state index is 0.0916. The molecule has 2 N–H and O–H groups in total. The van der Waals surface area contributed by atoms with Crippen molar-refractivity contribution in [2.75, 3.05) is 0 Å². The van der Waals surface area contributed by atoms with E-state index in [9.17, 15) is 14.0 Å². The standard InChI is InChI=1S/C15H18FNO3/c16-13-8-4-1-5-10(13)9-17-14(18)11-6-2-3-7-12(11)15(19)20/h1,4-5,8,11-12H,2-3,6-7,9H2,(H,17,18)(H,19,20)/t11-,12+/m0/s1. The number of rotatable bonds is 4. The van der Waals surface area contributed by atoms with Gasteiger partial charge in [0.05, 0.1) is 11.8 Å². The summed E-state index contributed by atoms with van der Waals surface area (Å²) in [7, 11) is 0. The van der Waals surface area contributed by atoms with Crippen LogP contribution in [-0.4, -0.2) is 17.0 Å². The van der Waals surface area contributed by atoms with Gasteiger partial charge >= 0.3 is 5.97 Å². The van der Waals surface area contributed by atoms with E-state index in [2.05, 4.69) is 5.32 Å². The summed E-state index contributed by atoms with van der Waals surface area (Å²) in [4.78, 5) is 23.3. The molecule has 20 heavy (non-hydrogen) atoms. The molecule has 0 spiro atoms. The first-order valence-electron chi connectivity index (χ1n) is 6.83. The lowest BCUT2D eigenvalue weighted by Crippen LogP contribution is -2.39. The molecule has 0 saturated heterocycles. The highest BCUT2D eigenvalue weighted by Gasteiger charge is 2.35. The molecule has 0 aliphatic heterocycles. The molecule has 0 unspecified atom stereocenters. The lowest BCUT2D eigenvalue weighted by atomic mass is 9.78. The predicted molar refractivity (Wildman–Crippen MR) is 71.3 cm³/mol. The van der Waals surface area contributed by atoms with Crippen molar-refractivity contribution >= 4 is 11.9 Å². The van der Waals surface area contributed by atoms with Crippen LogP contribution in [0.15, 0.2) is 24.3 Å². The molecular weight excluding hydrogens is 261 g/mol. The zero-order valence-electron chi connectivity index (χ0n) is 11.1. The molecule has 2 atom stereocenters. The Morgan fingerprint density at radius 1 is 1.20 bits per heavy atom. The van der Waals surface area contributed by atoms with E-state index in [0.29, 0.717) is 18.4 Å². The molecule has 1 aliphatic rings. The topological polar surface area (TPSA) is 66.4 Å². The number of halogens is 1. The lowest BCUT2D eigenvalue weighted by molar-refractivity contribution is -0.148. The maximum atomic E-state index is 13.4. The molecule has 0 radical (unpaired) electrons. The van der Waals surface area contributed by atoms with Gasteiger partial charge in [-0.1, -0.05) is 31.0 Å². The summed E-state index contributed by atoms with van der Waals surface area (Å²) in [6.45, 7) is 0.0916. The minimum atomic E-state index is -0.921. The molecule has 2 rings (SSSR count). The third-order valence-corrected chi connectivity index (χ3v) is 3.83. The Balaban J connectivity index is 1.97. The number of carbonyl (C=O) groups excluding carboxylic acids is 1. The molecule has 1 fully saturated rings. The van der Waals surface area contributed by atoms with Gasteiger partial charge in [-0.25, -0.2) is 4.39 Å². The third-order valence-electron chi connectivity index (χ3n) is 3.83. The second-order valence-corrected chi connectivity index (χ2v) is 5.14. The van der Waals surface area contributed by atoms with E-state index >= 15 is 0 Å². The zero-order valence-corrected chi connectivity index (χ0v) is 11.1. The highest BCUT2D eigenvalue weighted by atomic mass is 19.1. The van der Waals surface area contributed by atoms with Gasteiger partial charge in [0.1, 0.15) is 5.82 Å². The highest BCUT2D eigenvalue weighted by molar-refractivity contribution is 5.84. The molecule has 1 aromatic rings. The smallest absolute Gasteiger partial charge is 0.307 e. The van der Waals surface area contributed by atoms with Crippen molar-refractivity contribution < 1.29 is 19.1 Å². The van der Waals surface area contributed by atoms with Gasteiger partial charge in [-0.15, -0.1) is 0 Å². The second-order valence-electron chi connectivity index (χ2n) is 5.14. The van der Waals surface area contributed by atoms with Crippen LogP contribution in [0, 0.1) is 17.7 Å². The Morgan fingerprint density at radius 2 is 1.85 bits per heavy atom. The monoisotopic (exact) mass is 279 g/mol. The van der Waals surface area contributed by atoms with Crippen LogP contribution < -0.4 is 5.32 Å². The molecule has 1 saturated carbocycles. The van der Waals surface area contributed by atoms with Gasteiger partial charge in [-0.05, 0) is 18.9 Å². The van der Waals surface area contributed by atoms with Crippen molar-refractivity contribution in [2.24, 2.45) is 11.8 Å². The van der Waals surface area contributed by atoms with Gasteiger partial charge in [-0.2, -0.15) is 0 Å². The van der Waals surface area contributed by atoms with Crippen molar-refractivity contribution in [3.05, 3.63) is 35.6 Å². The number of amides is 1. The molecule has 0 heterocycles. The van der Waals surface area contributed by atoms with Crippen LogP contribution in [0.4, 0.5) is 4.39 Å². The molecule has 4 nitrogen and oxygen atoms in total. The molecule has 108 valence electrons. The number of hydrogen-bond acceptors (Lipinski definition) is 2. The summed E-state index contributed by atoms with van der Waals surface area (Å²) >= 11 is 0. The van der Waals surface area contributed by atoms with E-state index in [4.69, 9.17) is 5.11 Å². The molecule has 0 aromatic heterocycles. The normalized spacial score (nSPS) is 22.2. The summed E-state index contributed by atoms with van der Waals surface area (Å²) in [5.41, 5.74) is 0.406. The highest BCUT2D eigenvalue weighted by Crippen LogP contribution is 2.30. The lowest BCUT2D eigenvalue weighted by Gasteiger charge is -2.27. The Bertz CT molecular complexity index is 504. The van der Waals surface area contributed by atoms with Gasteiger partial charge in [0.2, 0.25) is 5.91 Å². The van der Waals surface area contributed by atoms with Crippen molar-refractivity contribution in [1.29, 1.82) is 0 Å². The average molecular weight is 279 g/mol. The van der Waals surface area contributed by atoms with Gasteiger partial charge in [-0.3, -0.25) is 9.59 Å². The summed E-state index contributed by atoms with van der Waals surface area (Å²) in [6.07, 6.45) is 2.82. The average Bonchev–Trinajstić information content (AvgIpc) is 2.46. The van der Waals surface area contributed by atoms with E-state index in [1.807, 2.05) is 0 Å². The maximum absolute atomic E-state index is 13.4. The quantitative estimate of drug-likeness (QED) is 0.889. The third kappa shape index (κ3) is 3.35. The number of nitrogens with one attached hydrogen (secondary N) is 1. The van der Waals surface area contributed by atoms with Gasteiger partial charge < -0.3 is 10.4 Å². The molecule has 1 aliphatic carbocycles. The van der Waals surface area contributed by atoms with Crippen molar-refractivity contribution in [2.45, 2.75) is 32.2 Å². The van der Waals surface area contributed by atoms with Gasteiger partial charge in [0, 0.05) is 12.1 Å². The molecule has 5 heteroatoms. The van der Waals surface area contributed by atoms with Crippen LogP contribution in [0.2, 0.25) is 0 Å². The largest absolute Gasteiger partial charge is 0.481 e. The number of benzene rings is 1. The Kier molecular flexibility index (Phi) is 4.71. The Hall–Kier alpha value is -1.91. The SMILES string of the molecule is O=C(NCc1ccccc1F)[C@H]1CCCC[C@H]1C(=O)O. The maximum Gasteiger partial charge on any atom is 0.307 e. The first kappa shape index (κ1) is 14.5. The van der Waals surface area contributed by atoms with Crippen molar-refractivity contribution in [3.8, 4) is 0 Å². The second kappa shape index (κ2) is 6.50. The minimum Gasteiger partial charge on any atom is -0.481 e. The van der Waals surface area contributed by atoms with E-state index in [0.717, 1.165) is 12.8 Å². The molecule has 1 aromatic carbocycles. The van der Waals surface area contributed by atoms with Crippen LogP contribution >= 0.6 is 0 Å². The van der Waals surface area contributed by atoms with Crippen molar-refractivity contribution in [1.82, 2.24) is 5.32 Å². The molecule has 1 amide bonds. The Labute approximate surface area is 117 Å². The van der Waals surface area contributed by atoms with Crippen LogP contribution in [0.5, 0.6) is 0 Å². The van der Waals surface area contributed by atoms with E-state index in [1.165, 1.54) is 6.07 Å². The number of carboxylic acids is 1. The first-order valence-corrected chi connectivity index (χ1v) is 6.83. The predicted octanol–water partition coefficient (Wildman–Crippen LogP) is 2.33. The first-order chi connectivity index (χ1) is 9.59. The Morgan fingerprint density at radius 3 is 2.50 bits per heavy atom. The number of carboxylic acid groups (broad SMARTS) is 1. The van der Waals surface area contributed by atoms with Crippen molar-refractivity contribution in [3.63, 3.8) is 0 Å². The summed E-state index contributed by atoms with van der Waals surface area (Å²) in [5, 5.41) is 11.8. The van der Waals surface area contributed by atoms with Crippen LogP contribution in [-0.2, 0) is 16.1 Å². The number of carbonyl (C=O) groups is 2. The fourth-order valence-electron chi connectivity index (χ4n) is 2.70. The number of aliphatic carboxylic acids is 1. The number of hydrogen-bond donors (Lipinski definition) is 2. The van der Waals surface area contributed by atoms with Gasteiger partial charge in [0.15, 0.2) is 0 Å². The van der Waals surface area contributed by atoms with Crippen LogP contribution in [0.1, 0.15) is 31.2 Å². The van der Waals surface area contributed by atoms with Crippen LogP contribution in [0.25, 0.3) is 0 Å². The molecular formula is C15H18FNO3. The summed E-state index contributed by atoms with van der Waals surface area (Å²) in [6, 6.07) is 6.22. The van der Waals surface area contributed by atoms with E-state index in [1.54, 1.807) is 18.2 Å². The fourth-order valence-corrected chi connectivity index (χ4v) is 2.70. The summed E-state index contributed by atoms with van der Waals surface area (Å²) < 4.78 is 13.4. The van der Waals surface area contributed by atoms with Gasteiger partial charge in [0.25, 0.3) is 0 Å². The summed E-state index contributed by atoms with van der Waals surface area (Å²) in [5.74, 6) is -2.71. The zero-order chi connectivity index (χ0) is 14.5. The van der Waals surface area contributed by atoms with E-state index in [-0.39, 0.29) is 18.3 Å². The van der Waals surface area contributed by atoms with E-state index < -0.39 is 17.8 Å².